The topological polar surface area (TPSA) is 43.8 Å². The Kier molecular flexibility index (Phi) is 3.99. The highest BCUT2D eigenvalue weighted by Crippen LogP contribution is 2.20. The number of aromatic nitrogens is 2. The Morgan fingerprint density at radius 3 is 2.89 bits per heavy atom. The molecule has 3 nitrogen and oxygen atoms in total. The second-order valence-electron chi connectivity index (χ2n) is 4.15. The molecular weight excluding hydrogens is 253 g/mol. The first-order valence-electron chi connectivity index (χ1n) is 5.77. The van der Waals surface area contributed by atoms with Gasteiger partial charge in [0.15, 0.2) is 0 Å². The van der Waals surface area contributed by atoms with Gasteiger partial charge in [0.2, 0.25) is 0 Å². The molecule has 1 aromatic carbocycles. The van der Waals surface area contributed by atoms with Crippen LogP contribution in [0.25, 0.3) is 0 Å². The van der Waals surface area contributed by atoms with Crippen LogP contribution in [0.1, 0.15) is 17.1 Å². The van der Waals surface area contributed by atoms with Crippen molar-refractivity contribution >= 4 is 11.6 Å². The quantitative estimate of drug-likeness (QED) is 0.925. The molecule has 2 rings (SSSR count). The third kappa shape index (κ3) is 2.71. The maximum atomic E-state index is 13.7. The van der Waals surface area contributed by atoms with Crippen molar-refractivity contribution in [3.8, 4) is 0 Å². The molecule has 2 N–H and O–H groups in total. The molecule has 0 saturated heterocycles. The number of nitrogens with zero attached hydrogens (tertiary/aromatic N) is 2. The molecule has 0 bridgehead atoms. The highest BCUT2D eigenvalue weighted by molar-refractivity contribution is 6.31. The summed E-state index contributed by atoms with van der Waals surface area (Å²) < 4.78 is 15.6. The molecular formula is C13H15ClFN3. The Bertz CT molecular complexity index is 531. The summed E-state index contributed by atoms with van der Waals surface area (Å²) >= 11 is 6.01. The first-order valence-corrected chi connectivity index (χ1v) is 6.15. The molecule has 0 fully saturated rings. The van der Waals surface area contributed by atoms with Crippen molar-refractivity contribution in [2.75, 3.05) is 6.54 Å². The summed E-state index contributed by atoms with van der Waals surface area (Å²) in [5.74, 6) is 0.536. The molecule has 1 aromatic heterocycles. The fourth-order valence-electron chi connectivity index (χ4n) is 1.86. The minimum Gasteiger partial charge on any atom is -0.330 e. The standard InChI is InChI=1S/C13H15ClFN3/c1-9-17-10(5-6-16)7-18(9)8-11-12(14)3-2-4-13(11)15/h2-4,7H,5-6,8,16H2,1H3. The second-order valence-corrected chi connectivity index (χ2v) is 4.55. The summed E-state index contributed by atoms with van der Waals surface area (Å²) in [6, 6.07) is 4.70. The molecule has 0 aliphatic rings. The van der Waals surface area contributed by atoms with Crippen LogP contribution in [-0.4, -0.2) is 16.1 Å². The van der Waals surface area contributed by atoms with Crippen LogP contribution in [0.3, 0.4) is 0 Å². The molecule has 18 heavy (non-hydrogen) atoms. The molecule has 0 amide bonds. The fourth-order valence-corrected chi connectivity index (χ4v) is 2.08. The highest BCUT2D eigenvalue weighted by Gasteiger charge is 2.10. The van der Waals surface area contributed by atoms with Crippen molar-refractivity contribution < 1.29 is 4.39 Å². The number of hydrogen-bond donors (Lipinski definition) is 1. The summed E-state index contributed by atoms with van der Waals surface area (Å²) in [5.41, 5.74) is 6.89. The van der Waals surface area contributed by atoms with Crippen molar-refractivity contribution in [1.82, 2.24) is 9.55 Å². The van der Waals surface area contributed by atoms with Crippen LogP contribution in [0, 0.1) is 12.7 Å². The minimum atomic E-state index is -0.295. The van der Waals surface area contributed by atoms with Crippen molar-refractivity contribution in [3.63, 3.8) is 0 Å². The van der Waals surface area contributed by atoms with Gasteiger partial charge in [0.25, 0.3) is 0 Å². The van der Waals surface area contributed by atoms with Gasteiger partial charge >= 0.3 is 0 Å². The van der Waals surface area contributed by atoms with Crippen molar-refractivity contribution in [1.29, 1.82) is 0 Å². The summed E-state index contributed by atoms with van der Waals surface area (Å²) in [6.07, 6.45) is 2.61. The van der Waals surface area contributed by atoms with Crippen molar-refractivity contribution in [2.45, 2.75) is 19.9 Å². The smallest absolute Gasteiger partial charge is 0.129 e. The van der Waals surface area contributed by atoms with E-state index in [0.29, 0.717) is 23.7 Å². The molecule has 0 unspecified atom stereocenters. The van der Waals surface area contributed by atoms with Crippen LogP contribution < -0.4 is 5.73 Å². The monoisotopic (exact) mass is 267 g/mol. The van der Waals surface area contributed by atoms with E-state index in [-0.39, 0.29) is 5.82 Å². The summed E-state index contributed by atoms with van der Waals surface area (Å²) in [5, 5.41) is 0.434. The van der Waals surface area contributed by atoms with E-state index in [1.165, 1.54) is 6.07 Å². The van der Waals surface area contributed by atoms with Crippen LogP contribution in [0.5, 0.6) is 0 Å². The van der Waals surface area contributed by atoms with Crippen LogP contribution in [0.2, 0.25) is 5.02 Å². The zero-order valence-electron chi connectivity index (χ0n) is 10.2. The van der Waals surface area contributed by atoms with Crippen LogP contribution in [-0.2, 0) is 13.0 Å². The lowest BCUT2D eigenvalue weighted by atomic mass is 10.2. The minimum absolute atomic E-state index is 0.295. The van der Waals surface area contributed by atoms with Crippen LogP contribution in [0.15, 0.2) is 24.4 Å². The maximum Gasteiger partial charge on any atom is 0.129 e. The van der Waals surface area contributed by atoms with Crippen LogP contribution in [0.4, 0.5) is 4.39 Å². The van der Waals surface area contributed by atoms with E-state index in [2.05, 4.69) is 4.98 Å². The fraction of sp³-hybridized carbons (Fsp3) is 0.308. The maximum absolute atomic E-state index is 13.7. The van der Waals surface area contributed by atoms with E-state index in [9.17, 15) is 4.39 Å². The average Bonchev–Trinajstić information content (AvgIpc) is 2.65. The largest absolute Gasteiger partial charge is 0.330 e. The lowest BCUT2D eigenvalue weighted by Gasteiger charge is -2.08. The first kappa shape index (κ1) is 13.1. The molecule has 2 aromatic rings. The Morgan fingerprint density at radius 1 is 1.44 bits per heavy atom. The third-order valence-corrected chi connectivity index (χ3v) is 3.17. The molecule has 0 aliphatic carbocycles. The van der Waals surface area contributed by atoms with E-state index < -0.39 is 0 Å². The molecule has 5 heteroatoms. The van der Waals surface area contributed by atoms with E-state index >= 15 is 0 Å². The molecule has 0 radical (unpaired) electrons. The summed E-state index contributed by atoms with van der Waals surface area (Å²) in [7, 11) is 0. The Labute approximate surface area is 110 Å². The van der Waals surface area contributed by atoms with Crippen molar-refractivity contribution in [2.24, 2.45) is 5.73 Å². The van der Waals surface area contributed by atoms with Gasteiger partial charge in [-0.05, 0) is 25.6 Å². The number of benzene rings is 1. The number of nitrogens with two attached hydrogens (primary N) is 1. The lowest BCUT2D eigenvalue weighted by molar-refractivity contribution is 0.597. The Morgan fingerprint density at radius 2 is 2.22 bits per heavy atom. The number of hydrogen-bond acceptors (Lipinski definition) is 2. The lowest BCUT2D eigenvalue weighted by Crippen LogP contribution is -2.04. The predicted octanol–water partition coefficient (Wildman–Crippen LogP) is 2.53. The molecule has 0 spiro atoms. The van der Waals surface area contributed by atoms with Gasteiger partial charge in [-0.15, -0.1) is 0 Å². The second kappa shape index (κ2) is 5.50. The number of aryl methyl sites for hydroxylation is 1. The first-order chi connectivity index (χ1) is 8.61. The predicted molar refractivity (Wildman–Crippen MR) is 70.2 cm³/mol. The third-order valence-electron chi connectivity index (χ3n) is 2.82. The van der Waals surface area contributed by atoms with Crippen LogP contribution >= 0.6 is 11.6 Å². The molecule has 96 valence electrons. The molecule has 0 saturated carbocycles. The van der Waals surface area contributed by atoms with E-state index in [0.717, 1.165) is 17.9 Å². The van der Waals surface area contributed by atoms with Gasteiger partial charge in [-0.3, -0.25) is 0 Å². The number of halogens is 2. The van der Waals surface area contributed by atoms with Gasteiger partial charge in [-0.1, -0.05) is 17.7 Å². The normalized spacial score (nSPS) is 10.9. The van der Waals surface area contributed by atoms with Gasteiger partial charge in [-0.25, -0.2) is 9.37 Å². The van der Waals surface area contributed by atoms with Gasteiger partial charge < -0.3 is 10.3 Å². The van der Waals surface area contributed by atoms with E-state index in [1.807, 2.05) is 17.7 Å². The van der Waals surface area contributed by atoms with E-state index in [1.54, 1.807) is 12.1 Å². The highest BCUT2D eigenvalue weighted by atomic mass is 35.5. The molecule has 0 aliphatic heterocycles. The van der Waals surface area contributed by atoms with Crippen molar-refractivity contribution in [3.05, 3.63) is 52.3 Å². The van der Waals surface area contributed by atoms with Gasteiger partial charge in [0.05, 0.1) is 12.2 Å². The average molecular weight is 268 g/mol. The Hall–Kier alpha value is -1.39. The van der Waals surface area contributed by atoms with E-state index in [4.69, 9.17) is 17.3 Å². The Balaban J connectivity index is 2.28. The number of imidazole rings is 1. The van der Waals surface area contributed by atoms with Gasteiger partial charge in [0, 0.05) is 23.2 Å². The number of rotatable bonds is 4. The molecule has 1 heterocycles. The SMILES string of the molecule is Cc1nc(CCN)cn1Cc1c(F)cccc1Cl. The zero-order valence-corrected chi connectivity index (χ0v) is 10.9. The van der Waals surface area contributed by atoms with Gasteiger partial charge in [-0.2, -0.15) is 0 Å². The van der Waals surface area contributed by atoms with Gasteiger partial charge in [0.1, 0.15) is 11.6 Å². The summed E-state index contributed by atoms with van der Waals surface area (Å²) in [4.78, 5) is 4.37. The zero-order chi connectivity index (χ0) is 13.1. The summed E-state index contributed by atoms with van der Waals surface area (Å²) in [6.45, 7) is 2.82. The molecule has 0 atom stereocenters.